The molecule has 3 aromatic carbocycles. The Morgan fingerprint density at radius 1 is 0.458 bits per heavy atom. The Kier molecular flexibility index (Phi) is 5.24. The monoisotopic (exact) mass is 316 g/mol. The number of nitrogens with one attached hydrogen (secondary N) is 2. The van der Waals surface area contributed by atoms with E-state index in [2.05, 4.69) is 31.5 Å². The molecular weight excluding hydrogens is 300 g/mol. The minimum absolute atomic E-state index is 0.730. The van der Waals surface area contributed by atoms with Crippen molar-refractivity contribution in [3.63, 3.8) is 0 Å². The van der Waals surface area contributed by atoms with Crippen molar-refractivity contribution in [2.45, 2.75) is 0 Å². The molecule has 0 aliphatic rings. The van der Waals surface area contributed by atoms with E-state index in [-0.39, 0.29) is 0 Å². The third-order valence-electron chi connectivity index (χ3n) is 3.09. The van der Waals surface area contributed by atoms with Crippen molar-refractivity contribution >= 4 is 22.7 Å². The molecule has 0 saturated heterocycles. The highest BCUT2D eigenvalue weighted by atomic mass is 15.4. The van der Waals surface area contributed by atoms with Gasteiger partial charge in [0.2, 0.25) is 0 Å². The van der Waals surface area contributed by atoms with Crippen LogP contribution in [0, 0.1) is 0 Å². The Balaban J connectivity index is 1.53. The Morgan fingerprint density at radius 3 is 1.21 bits per heavy atom. The van der Waals surface area contributed by atoms with Crippen LogP contribution >= 0.6 is 0 Å². The van der Waals surface area contributed by atoms with Gasteiger partial charge < -0.3 is 0 Å². The first kappa shape index (κ1) is 15.4. The van der Waals surface area contributed by atoms with E-state index >= 15 is 0 Å². The summed E-state index contributed by atoms with van der Waals surface area (Å²) in [5.74, 6) is 0. The quantitative estimate of drug-likeness (QED) is 0.438. The van der Waals surface area contributed by atoms with Crippen molar-refractivity contribution in [2.75, 3.05) is 10.9 Å². The molecule has 0 heterocycles. The summed E-state index contributed by atoms with van der Waals surface area (Å²) in [7, 11) is 0. The van der Waals surface area contributed by atoms with Crippen molar-refractivity contribution in [1.29, 1.82) is 0 Å². The second-order valence-electron chi connectivity index (χ2n) is 4.87. The van der Waals surface area contributed by atoms with E-state index in [1.165, 1.54) is 0 Å². The fourth-order valence-corrected chi connectivity index (χ4v) is 1.89. The summed E-state index contributed by atoms with van der Waals surface area (Å²) in [6.07, 6.45) is 0. The Bertz CT molecular complexity index is 727. The predicted octanol–water partition coefficient (Wildman–Crippen LogP) is 5.91. The van der Waals surface area contributed by atoms with Gasteiger partial charge in [-0.2, -0.15) is 0 Å². The average molecular weight is 316 g/mol. The van der Waals surface area contributed by atoms with Crippen molar-refractivity contribution in [1.82, 2.24) is 0 Å². The smallest absolute Gasteiger partial charge is 0.0875 e. The van der Waals surface area contributed by atoms with Gasteiger partial charge in [0.05, 0.1) is 22.7 Å². The molecule has 0 aromatic heterocycles. The molecule has 3 rings (SSSR count). The lowest BCUT2D eigenvalue weighted by molar-refractivity contribution is 1.12. The average Bonchev–Trinajstić information content (AvgIpc) is 2.65. The van der Waals surface area contributed by atoms with Gasteiger partial charge in [-0.15, -0.1) is 10.2 Å². The molecule has 0 saturated carbocycles. The normalized spacial score (nSPS) is 11.0. The molecular formula is C18H16N6. The molecule has 118 valence electrons. The number of anilines is 2. The van der Waals surface area contributed by atoms with Gasteiger partial charge in [0.25, 0.3) is 0 Å². The number of hydrogen-bond acceptors (Lipinski definition) is 4. The van der Waals surface area contributed by atoms with Crippen molar-refractivity contribution < 1.29 is 0 Å². The van der Waals surface area contributed by atoms with Gasteiger partial charge in [0.15, 0.2) is 0 Å². The lowest BCUT2D eigenvalue weighted by atomic mass is 10.3. The van der Waals surface area contributed by atoms with E-state index < -0.39 is 0 Å². The van der Waals surface area contributed by atoms with E-state index in [1.807, 2.05) is 84.9 Å². The van der Waals surface area contributed by atoms with Crippen LogP contribution in [0.25, 0.3) is 0 Å². The minimum Gasteiger partial charge on any atom is -0.260 e. The van der Waals surface area contributed by atoms with Gasteiger partial charge in [0, 0.05) is 0 Å². The summed E-state index contributed by atoms with van der Waals surface area (Å²) in [6, 6.07) is 26.6. The molecule has 0 spiro atoms. The van der Waals surface area contributed by atoms with Crippen molar-refractivity contribution in [3.8, 4) is 0 Å². The largest absolute Gasteiger partial charge is 0.260 e. The summed E-state index contributed by atoms with van der Waals surface area (Å²) in [5.41, 5.74) is 8.97. The van der Waals surface area contributed by atoms with Crippen LogP contribution in [-0.4, -0.2) is 0 Å². The SMILES string of the molecule is c1ccc(NN=Nc2ccc(N=NNc3ccccc3)cc2)cc1. The van der Waals surface area contributed by atoms with Crippen LogP contribution in [0.3, 0.4) is 0 Å². The van der Waals surface area contributed by atoms with E-state index in [4.69, 9.17) is 0 Å². The molecule has 0 aliphatic carbocycles. The summed E-state index contributed by atoms with van der Waals surface area (Å²) in [4.78, 5) is 0. The summed E-state index contributed by atoms with van der Waals surface area (Å²) >= 11 is 0. The predicted molar refractivity (Wildman–Crippen MR) is 95.6 cm³/mol. The first-order chi connectivity index (χ1) is 11.9. The number of benzene rings is 3. The zero-order valence-corrected chi connectivity index (χ0v) is 12.9. The van der Waals surface area contributed by atoms with Crippen molar-refractivity contribution in [2.24, 2.45) is 20.7 Å². The first-order valence-corrected chi connectivity index (χ1v) is 7.44. The Morgan fingerprint density at radius 2 is 0.833 bits per heavy atom. The topological polar surface area (TPSA) is 73.5 Å². The van der Waals surface area contributed by atoms with Crippen LogP contribution < -0.4 is 10.9 Å². The number of para-hydroxylation sites is 2. The van der Waals surface area contributed by atoms with Crippen molar-refractivity contribution in [3.05, 3.63) is 84.9 Å². The molecule has 0 atom stereocenters. The Labute approximate surface area is 139 Å². The summed E-state index contributed by atoms with van der Waals surface area (Å²) in [5, 5.41) is 16.1. The third-order valence-corrected chi connectivity index (χ3v) is 3.09. The van der Waals surface area contributed by atoms with Gasteiger partial charge in [-0.05, 0) is 48.5 Å². The lowest BCUT2D eigenvalue weighted by Crippen LogP contribution is -1.84. The Hall–Kier alpha value is -3.54. The van der Waals surface area contributed by atoms with Gasteiger partial charge >= 0.3 is 0 Å². The van der Waals surface area contributed by atoms with Gasteiger partial charge in [-0.1, -0.05) is 46.8 Å². The van der Waals surface area contributed by atoms with Crippen LogP contribution in [-0.2, 0) is 0 Å². The standard InChI is InChI=1S/C18H16N6/c1-3-7-15(8-4-1)19-23-21-17-11-13-18(14-12-17)22-24-20-16-9-5-2-6-10-16/h1-14H,(H,19,21)(H,20,22). The number of hydrogen-bond donors (Lipinski definition) is 2. The molecule has 0 radical (unpaired) electrons. The number of nitrogens with zero attached hydrogens (tertiary/aromatic N) is 4. The second-order valence-corrected chi connectivity index (χ2v) is 4.87. The van der Waals surface area contributed by atoms with E-state index in [1.54, 1.807) is 0 Å². The fraction of sp³-hybridized carbons (Fsp3) is 0. The van der Waals surface area contributed by atoms with Crippen LogP contribution in [0.15, 0.2) is 106 Å². The molecule has 24 heavy (non-hydrogen) atoms. The highest BCUT2D eigenvalue weighted by Crippen LogP contribution is 2.19. The van der Waals surface area contributed by atoms with Gasteiger partial charge in [-0.25, -0.2) is 0 Å². The molecule has 0 aliphatic heterocycles. The molecule has 0 amide bonds. The van der Waals surface area contributed by atoms with Crippen LogP contribution in [0.4, 0.5) is 22.7 Å². The number of rotatable bonds is 6. The van der Waals surface area contributed by atoms with Crippen LogP contribution in [0.1, 0.15) is 0 Å². The fourth-order valence-electron chi connectivity index (χ4n) is 1.89. The third kappa shape index (κ3) is 4.74. The van der Waals surface area contributed by atoms with E-state index in [9.17, 15) is 0 Å². The van der Waals surface area contributed by atoms with E-state index in [0.717, 1.165) is 22.7 Å². The zero-order valence-electron chi connectivity index (χ0n) is 12.9. The molecule has 0 unspecified atom stereocenters. The van der Waals surface area contributed by atoms with Crippen LogP contribution in [0.5, 0.6) is 0 Å². The first-order valence-electron chi connectivity index (χ1n) is 7.44. The molecule has 6 heteroatoms. The molecule has 6 nitrogen and oxygen atoms in total. The maximum Gasteiger partial charge on any atom is 0.0875 e. The van der Waals surface area contributed by atoms with E-state index in [0.29, 0.717) is 0 Å². The highest BCUT2D eigenvalue weighted by molar-refractivity contribution is 5.47. The second kappa shape index (κ2) is 8.19. The maximum atomic E-state index is 4.10. The zero-order chi connectivity index (χ0) is 16.5. The summed E-state index contributed by atoms with van der Waals surface area (Å²) < 4.78 is 0. The molecule has 3 aromatic rings. The maximum absolute atomic E-state index is 4.10. The molecule has 0 fully saturated rings. The highest BCUT2D eigenvalue weighted by Gasteiger charge is 1.92. The van der Waals surface area contributed by atoms with Crippen LogP contribution in [0.2, 0.25) is 0 Å². The molecule has 0 bridgehead atoms. The minimum atomic E-state index is 0.730. The van der Waals surface area contributed by atoms with Gasteiger partial charge in [-0.3, -0.25) is 10.9 Å². The summed E-state index contributed by atoms with van der Waals surface area (Å²) in [6.45, 7) is 0. The lowest BCUT2D eigenvalue weighted by Gasteiger charge is -1.98. The van der Waals surface area contributed by atoms with Gasteiger partial charge in [0.1, 0.15) is 0 Å². The molecule has 2 N–H and O–H groups in total.